The van der Waals surface area contributed by atoms with Crippen LogP contribution < -0.4 is 5.32 Å². The first-order valence-corrected chi connectivity index (χ1v) is 8.93. The summed E-state index contributed by atoms with van der Waals surface area (Å²) < 4.78 is 0. The molecule has 1 N–H and O–H groups in total. The molecule has 1 amide bonds. The van der Waals surface area contributed by atoms with Crippen LogP contribution in [0.1, 0.15) is 50.5 Å². The van der Waals surface area contributed by atoms with E-state index >= 15 is 0 Å². The first kappa shape index (κ1) is 16.6. The van der Waals surface area contributed by atoms with E-state index in [4.69, 9.17) is 0 Å². The molecule has 0 aromatic carbocycles. The molecule has 2 aromatic heterocycles. The third-order valence-electron chi connectivity index (χ3n) is 4.79. The van der Waals surface area contributed by atoms with E-state index in [0.29, 0.717) is 13.0 Å². The predicted octanol–water partition coefficient (Wildman–Crippen LogP) is 4.12. The fraction of sp³-hybridized carbons (Fsp3) is 0.450. The normalized spacial score (nSPS) is 15.2. The quantitative estimate of drug-likeness (QED) is 0.870. The second-order valence-electron chi connectivity index (χ2n) is 6.60. The summed E-state index contributed by atoms with van der Waals surface area (Å²) in [5.74, 6) is 0.909. The van der Waals surface area contributed by atoms with Gasteiger partial charge in [-0.15, -0.1) is 0 Å². The lowest BCUT2D eigenvalue weighted by atomic mass is 9.86. The Morgan fingerprint density at radius 2 is 1.88 bits per heavy atom. The Morgan fingerprint density at radius 3 is 2.67 bits per heavy atom. The molecule has 1 saturated carbocycles. The second kappa shape index (κ2) is 8.57. The van der Waals surface area contributed by atoms with Gasteiger partial charge in [-0.05, 0) is 42.2 Å². The SMILES string of the molecule is O=C(CCC1CCCCC1)NCc1ccnc(-c2ccncc2)c1. The number of nitrogens with zero attached hydrogens (tertiary/aromatic N) is 2. The average molecular weight is 323 g/mol. The van der Waals surface area contributed by atoms with Gasteiger partial charge in [-0.2, -0.15) is 0 Å². The summed E-state index contributed by atoms with van der Waals surface area (Å²) in [6.45, 7) is 0.560. The van der Waals surface area contributed by atoms with Gasteiger partial charge in [0.2, 0.25) is 5.91 Å². The van der Waals surface area contributed by atoms with Crippen molar-refractivity contribution in [3.05, 3.63) is 48.4 Å². The van der Waals surface area contributed by atoms with E-state index in [1.807, 2.05) is 24.3 Å². The maximum atomic E-state index is 12.1. The molecule has 0 bridgehead atoms. The summed E-state index contributed by atoms with van der Waals surface area (Å²) in [6, 6.07) is 7.85. The van der Waals surface area contributed by atoms with Gasteiger partial charge >= 0.3 is 0 Å². The molecule has 24 heavy (non-hydrogen) atoms. The van der Waals surface area contributed by atoms with Gasteiger partial charge in [0.05, 0.1) is 5.69 Å². The van der Waals surface area contributed by atoms with E-state index in [9.17, 15) is 4.79 Å². The van der Waals surface area contributed by atoms with Crippen molar-refractivity contribution < 1.29 is 4.79 Å². The molecule has 1 aliphatic carbocycles. The molecule has 1 fully saturated rings. The van der Waals surface area contributed by atoms with Crippen molar-refractivity contribution in [2.45, 2.75) is 51.5 Å². The van der Waals surface area contributed by atoms with Crippen LogP contribution in [0.25, 0.3) is 11.3 Å². The van der Waals surface area contributed by atoms with Crippen molar-refractivity contribution >= 4 is 5.91 Å². The minimum Gasteiger partial charge on any atom is -0.352 e. The van der Waals surface area contributed by atoms with Gasteiger partial charge < -0.3 is 5.32 Å². The number of nitrogens with one attached hydrogen (secondary N) is 1. The van der Waals surface area contributed by atoms with Crippen LogP contribution in [0.4, 0.5) is 0 Å². The monoisotopic (exact) mass is 323 g/mol. The minimum absolute atomic E-state index is 0.155. The third kappa shape index (κ3) is 4.88. The zero-order chi connectivity index (χ0) is 16.6. The molecule has 4 heteroatoms. The lowest BCUT2D eigenvalue weighted by Crippen LogP contribution is -2.23. The Morgan fingerprint density at radius 1 is 1.08 bits per heavy atom. The van der Waals surface area contributed by atoms with Gasteiger partial charge in [-0.25, -0.2) is 0 Å². The molecule has 0 atom stereocenters. The maximum absolute atomic E-state index is 12.1. The fourth-order valence-corrected chi connectivity index (χ4v) is 3.36. The highest BCUT2D eigenvalue weighted by atomic mass is 16.1. The van der Waals surface area contributed by atoms with Crippen LogP contribution in [-0.2, 0) is 11.3 Å². The number of aromatic nitrogens is 2. The van der Waals surface area contributed by atoms with E-state index < -0.39 is 0 Å². The Labute approximate surface area is 143 Å². The summed E-state index contributed by atoms with van der Waals surface area (Å²) >= 11 is 0. The van der Waals surface area contributed by atoms with Crippen molar-refractivity contribution in [3.63, 3.8) is 0 Å². The van der Waals surface area contributed by atoms with Gasteiger partial charge in [-0.1, -0.05) is 32.1 Å². The highest BCUT2D eigenvalue weighted by molar-refractivity contribution is 5.75. The summed E-state index contributed by atoms with van der Waals surface area (Å²) in [4.78, 5) is 20.5. The molecule has 2 heterocycles. The molecular weight excluding hydrogens is 298 g/mol. The summed E-state index contributed by atoms with van der Waals surface area (Å²) in [5, 5.41) is 3.04. The van der Waals surface area contributed by atoms with E-state index in [1.165, 1.54) is 32.1 Å². The molecule has 3 rings (SSSR count). The van der Waals surface area contributed by atoms with Crippen molar-refractivity contribution in [2.24, 2.45) is 5.92 Å². The first-order valence-electron chi connectivity index (χ1n) is 8.93. The van der Waals surface area contributed by atoms with Gasteiger partial charge in [0.15, 0.2) is 0 Å². The van der Waals surface area contributed by atoms with E-state index in [2.05, 4.69) is 15.3 Å². The second-order valence-corrected chi connectivity index (χ2v) is 6.60. The Balaban J connectivity index is 1.48. The van der Waals surface area contributed by atoms with Crippen molar-refractivity contribution in [1.82, 2.24) is 15.3 Å². The zero-order valence-corrected chi connectivity index (χ0v) is 14.1. The highest BCUT2D eigenvalue weighted by Crippen LogP contribution is 2.27. The van der Waals surface area contributed by atoms with E-state index in [-0.39, 0.29) is 5.91 Å². The lowest BCUT2D eigenvalue weighted by molar-refractivity contribution is -0.121. The molecule has 0 saturated heterocycles. The van der Waals surface area contributed by atoms with E-state index in [1.54, 1.807) is 18.6 Å². The van der Waals surface area contributed by atoms with Crippen LogP contribution in [0.15, 0.2) is 42.9 Å². The molecular formula is C20H25N3O. The van der Waals surface area contributed by atoms with Crippen LogP contribution in [0, 0.1) is 5.92 Å². The van der Waals surface area contributed by atoms with Crippen molar-refractivity contribution in [3.8, 4) is 11.3 Å². The molecule has 0 aliphatic heterocycles. The predicted molar refractivity (Wildman–Crippen MR) is 95.1 cm³/mol. The van der Waals surface area contributed by atoms with Gasteiger partial charge in [0, 0.05) is 37.1 Å². The van der Waals surface area contributed by atoms with Crippen LogP contribution >= 0.6 is 0 Å². The molecule has 2 aromatic rings. The van der Waals surface area contributed by atoms with Gasteiger partial charge in [0.1, 0.15) is 0 Å². The van der Waals surface area contributed by atoms with Crippen LogP contribution in [0.2, 0.25) is 0 Å². The number of carbonyl (C=O) groups excluding carboxylic acids is 1. The largest absolute Gasteiger partial charge is 0.352 e. The average Bonchev–Trinajstić information content (AvgIpc) is 2.66. The number of amides is 1. The standard InChI is InChI=1S/C20H25N3O/c24-20(7-6-16-4-2-1-3-5-16)23-15-17-8-13-22-19(14-17)18-9-11-21-12-10-18/h8-14,16H,1-7,15H2,(H,23,24). The Kier molecular flexibility index (Phi) is 5.94. The summed E-state index contributed by atoms with van der Waals surface area (Å²) in [5.41, 5.74) is 3.02. The summed E-state index contributed by atoms with van der Waals surface area (Å²) in [6.07, 6.45) is 13.6. The third-order valence-corrected chi connectivity index (χ3v) is 4.79. The van der Waals surface area contributed by atoms with Crippen LogP contribution in [0.3, 0.4) is 0 Å². The van der Waals surface area contributed by atoms with Gasteiger partial charge in [-0.3, -0.25) is 14.8 Å². The molecule has 1 aliphatic rings. The topological polar surface area (TPSA) is 54.9 Å². The smallest absolute Gasteiger partial charge is 0.220 e. The Bertz CT molecular complexity index is 651. The van der Waals surface area contributed by atoms with Crippen LogP contribution in [0.5, 0.6) is 0 Å². The van der Waals surface area contributed by atoms with Crippen molar-refractivity contribution in [2.75, 3.05) is 0 Å². The van der Waals surface area contributed by atoms with E-state index in [0.717, 1.165) is 29.2 Å². The fourth-order valence-electron chi connectivity index (χ4n) is 3.36. The number of carbonyl (C=O) groups is 1. The molecule has 0 unspecified atom stereocenters. The number of rotatable bonds is 6. The number of hydrogen-bond donors (Lipinski definition) is 1. The highest BCUT2D eigenvalue weighted by Gasteiger charge is 2.14. The molecule has 126 valence electrons. The minimum atomic E-state index is 0.155. The van der Waals surface area contributed by atoms with Crippen molar-refractivity contribution in [1.29, 1.82) is 0 Å². The molecule has 0 spiro atoms. The number of pyridine rings is 2. The first-order chi connectivity index (χ1) is 11.8. The zero-order valence-electron chi connectivity index (χ0n) is 14.1. The maximum Gasteiger partial charge on any atom is 0.220 e. The number of hydrogen-bond acceptors (Lipinski definition) is 3. The molecule has 0 radical (unpaired) electrons. The lowest BCUT2D eigenvalue weighted by Gasteiger charge is -2.21. The van der Waals surface area contributed by atoms with Gasteiger partial charge in [0.25, 0.3) is 0 Å². The van der Waals surface area contributed by atoms with Crippen LogP contribution in [-0.4, -0.2) is 15.9 Å². The summed E-state index contributed by atoms with van der Waals surface area (Å²) in [7, 11) is 0. The Hall–Kier alpha value is -2.23. The molecule has 4 nitrogen and oxygen atoms in total.